The second-order valence-corrected chi connectivity index (χ2v) is 2.96. The molecule has 0 aromatic heterocycles. The topological polar surface area (TPSA) is 17.1 Å². The molecule has 62 valence electrons. The summed E-state index contributed by atoms with van der Waals surface area (Å²) < 4.78 is 0. The fourth-order valence-electron chi connectivity index (χ4n) is 1.03. The van der Waals surface area contributed by atoms with E-state index in [2.05, 4.69) is 15.9 Å². The second kappa shape index (κ2) is 4.21. The van der Waals surface area contributed by atoms with Gasteiger partial charge in [-0.05, 0) is 23.5 Å². The summed E-state index contributed by atoms with van der Waals surface area (Å²) in [6.45, 7) is 1.57. The first-order valence-corrected chi connectivity index (χ1v) is 4.54. The average molecular weight is 225 g/mol. The lowest BCUT2D eigenvalue weighted by Crippen LogP contribution is -1.94. The molecule has 2 heteroatoms. The Kier molecular flexibility index (Phi) is 3.23. The zero-order valence-electron chi connectivity index (χ0n) is 6.75. The molecule has 1 aromatic carbocycles. The van der Waals surface area contributed by atoms with E-state index in [9.17, 15) is 4.79 Å². The molecule has 0 aliphatic rings. The molecule has 0 aliphatic carbocycles. The number of carbonyl (C=O) groups excluding carboxylic acids is 1. The van der Waals surface area contributed by atoms with Crippen LogP contribution in [0.5, 0.6) is 0 Å². The van der Waals surface area contributed by atoms with Crippen molar-refractivity contribution in [3.8, 4) is 0 Å². The highest BCUT2D eigenvalue weighted by atomic mass is 79.9. The van der Waals surface area contributed by atoms with Crippen LogP contribution in [0.4, 0.5) is 0 Å². The van der Waals surface area contributed by atoms with E-state index in [1.807, 2.05) is 30.3 Å². The Morgan fingerprint density at radius 1 is 1.42 bits per heavy atom. The van der Waals surface area contributed by atoms with Crippen molar-refractivity contribution in [3.63, 3.8) is 0 Å². The number of ketones is 1. The molecular formula is C10H9BrO. The van der Waals surface area contributed by atoms with E-state index in [1.54, 1.807) is 11.9 Å². The van der Waals surface area contributed by atoms with Crippen molar-refractivity contribution in [1.82, 2.24) is 0 Å². The molecular weight excluding hydrogens is 216 g/mol. The fourth-order valence-corrected chi connectivity index (χ4v) is 1.32. The van der Waals surface area contributed by atoms with Gasteiger partial charge in [-0.25, -0.2) is 0 Å². The van der Waals surface area contributed by atoms with Gasteiger partial charge in [0.05, 0.1) is 0 Å². The maximum absolute atomic E-state index is 11.1. The fraction of sp³-hybridized carbons (Fsp3) is 0.100. The first-order chi connectivity index (χ1) is 5.75. The highest BCUT2D eigenvalue weighted by Gasteiger charge is 2.01. The molecule has 1 rings (SSSR count). The Hall–Kier alpha value is -0.890. The average Bonchev–Trinajstić information content (AvgIpc) is 2.05. The SMILES string of the molecule is CC(=O)c1ccccc1/C=C/Br. The van der Waals surface area contributed by atoms with Gasteiger partial charge in [-0.1, -0.05) is 40.2 Å². The van der Waals surface area contributed by atoms with Crippen LogP contribution in [0, 0.1) is 0 Å². The third-order valence-corrected chi connectivity index (χ3v) is 1.85. The van der Waals surface area contributed by atoms with Gasteiger partial charge in [0.1, 0.15) is 0 Å². The van der Waals surface area contributed by atoms with E-state index in [-0.39, 0.29) is 5.78 Å². The Balaban J connectivity index is 3.17. The summed E-state index contributed by atoms with van der Waals surface area (Å²) in [5.74, 6) is 0.0937. The summed E-state index contributed by atoms with van der Waals surface area (Å²) in [5.41, 5.74) is 1.70. The molecule has 0 spiro atoms. The Morgan fingerprint density at radius 2 is 2.08 bits per heavy atom. The van der Waals surface area contributed by atoms with Crippen LogP contribution >= 0.6 is 15.9 Å². The van der Waals surface area contributed by atoms with Crippen molar-refractivity contribution < 1.29 is 4.79 Å². The van der Waals surface area contributed by atoms with Gasteiger partial charge in [0.25, 0.3) is 0 Å². The summed E-state index contributed by atoms with van der Waals surface area (Å²) in [7, 11) is 0. The van der Waals surface area contributed by atoms with E-state index in [0.717, 1.165) is 11.1 Å². The molecule has 0 fully saturated rings. The molecule has 0 N–H and O–H groups in total. The van der Waals surface area contributed by atoms with Crippen LogP contribution in [-0.2, 0) is 0 Å². The van der Waals surface area contributed by atoms with Gasteiger partial charge >= 0.3 is 0 Å². The first-order valence-electron chi connectivity index (χ1n) is 3.62. The number of carbonyl (C=O) groups is 1. The Bertz CT molecular complexity index is 315. The summed E-state index contributed by atoms with van der Waals surface area (Å²) in [6, 6.07) is 7.51. The van der Waals surface area contributed by atoms with Crippen LogP contribution in [0.1, 0.15) is 22.8 Å². The molecule has 1 aromatic rings. The number of Topliss-reactive ketones (excluding diaryl/α,β-unsaturated/α-hetero) is 1. The molecule has 0 unspecified atom stereocenters. The number of hydrogen-bond donors (Lipinski definition) is 0. The molecule has 0 heterocycles. The van der Waals surface area contributed by atoms with Crippen LogP contribution in [0.2, 0.25) is 0 Å². The minimum Gasteiger partial charge on any atom is -0.294 e. The lowest BCUT2D eigenvalue weighted by molar-refractivity contribution is 0.101. The predicted octanol–water partition coefficient (Wildman–Crippen LogP) is 3.25. The number of benzene rings is 1. The predicted molar refractivity (Wildman–Crippen MR) is 54.4 cm³/mol. The van der Waals surface area contributed by atoms with Crippen LogP contribution < -0.4 is 0 Å². The van der Waals surface area contributed by atoms with Gasteiger partial charge in [0, 0.05) is 5.56 Å². The molecule has 0 amide bonds. The number of rotatable bonds is 2. The number of hydrogen-bond acceptors (Lipinski definition) is 1. The van der Waals surface area contributed by atoms with Gasteiger partial charge in [-0.3, -0.25) is 4.79 Å². The first kappa shape index (κ1) is 9.20. The summed E-state index contributed by atoms with van der Waals surface area (Å²) in [5, 5.41) is 0. The second-order valence-electron chi connectivity index (χ2n) is 2.44. The molecule has 0 bridgehead atoms. The van der Waals surface area contributed by atoms with E-state index in [0.29, 0.717) is 0 Å². The summed E-state index contributed by atoms with van der Waals surface area (Å²) in [6.07, 6.45) is 1.86. The van der Waals surface area contributed by atoms with Gasteiger partial charge in [0.2, 0.25) is 0 Å². The maximum atomic E-state index is 11.1. The van der Waals surface area contributed by atoms with Crippen LogP contribution in [-0.4, -0.2) is 5.78 Å². The molecule has 1 nitrogen and oxygen atoms in total. The lowest BCUT2D eigenvalue weighted by atomic mass is 10.1. The maximum Gasteiger partial charge on any atom is 0.160 e. The van der Waals surface area contributed by atoms with Crippen molar-refractivity contribution in [2.45, 2.75) is 6.92 Å². The zero-order chi connectivity index (χ0) is 8.97. The monoisotopic (exact) mass is 224 g/mol. The third kappa shape index (κ3) is 2.05. The standard InChI is InChI=1S/C10H9BrO/c1-8(12)10-5-3-2-4-9(10)6-7-11/h2-7H,1H3/b7-6+. The highest BCUT2D eigenvalue weighted by Crippen LogP contribution is 2.11. The summed E-state index contributed by atoms with van der Waals surface area (Å²) in [4.78, 5) is 12.8. The molecule has 0 radical (unpaired) electrons. The van der Waals surface area contributed by atoms with Crippen LogP contribution in [0.25, 0.3) is 6.08 Å². The normalized spacial score (nSPS) is 10.5. The smallest absolute Gasteiger partial charge is 0.160 e. The van der Waals surface area contributed by atoms with E-state index in [4.69, 9.17) is 0 Å². The zero-order valence-corrected chi connectivity index (χ0v) is 8.34. The van der Waals surface area contributed by atoms with Crippen LogP contribution in [0.3, 0.4) is 0 Å². The van der Waals surface area contributed by atoms with Crippen molar-refractivity contribution in [3.05, 3.63) is 40.4 Å². The van der Waals surface area contributed by atoms with Crippen molar-refractivity contribution in [1.29, 1.82) is 0 Å². The van der Waals surface area contributed by atoms with Crippen molar-refractivity contribution in [2.24, 2.45) is 0 Å². The Morgan fingerprint density at radius 3 is 2.67 bits per heavy atom. The van der Waals surface area contributed by atoms with E-state index in [1.165, 1.54) is 0 Å². The summed E-state index contributed by atoms with van der Waals surface area (Å²) >= 11 is 3.18. The van der Waals surface area contributed by atoms with E-state index >= 15 is 0 Å². The largest absolute Gasteiger partial charge is 0.294 e. The lowest BCUT2D eigenvalue weighted by Gasteiger charge is -1.99. The minimum atomic E-state index is 0.0937. The third-order valence-electron chi connectivity index (χ3n) is 1.58. The molecule has 0 saturated heterocycles. The minimum absolute atomic E-state index is 0.0937. The molecule has 0 saturated carbocycles. The number of halogens is 1. The highest BCUT2D eigenvalue weighted by molar-refractivity contribution is 9.11. The van der Waals surface area contributed by atoms with Crippen LogP contribution in [0.15, 0.2) is 29.3 Å². The van der Waals surface area contributed by atoms with Gasteiger partial charge in [-0.15, -0.1) is 0 Å². The van der Waals surface area contributed by atoms with Crippen molar-refractivity contribution >= 4 is 27.8 Å². The van der Waals surface area contributed by atoms with Gasteiger partial charge in [0.15, 0.2) is 5.78 Å². The Labute approximate surface area is 80.2 Å². The molecule has 0 aliphatic heterocycles. The van der Waals surface area contributed by atoms with Gasteiger partial charge < -0.3 is 0 Å². The van der Waals surface area contributed by atoms with E-state index < -0.39 is 0 Å². The van der Waals surface area contributed by atoms with Gasteiger partial charge in [-0.2, -0.15) is 0 Å². The molecule has 12 heavy (non-hydrogen) atoms. The quantitative estimate of drug-likeness (QED) is 0.706. The molecule has 0 atom stereocenters. The van der Waals surface area contributed by atoms with Crippen molar-refractivity contribution in [2.75, 3.05) is 0 Å².